The molecule has 0 radical (unpaired) electrons. The van der Waals surface area contributed by atoms with Crippen LogP contribution in [0, 0.1) is 12.3 Å². The summed E-state index contributed by atoms with van der Waals surface area (Å²) in [6.45, 7) is 2.00. The van der Waals surface area contributed by atoms with Crippen molar-refractivity contribution in [3.8, 4) is 12.3 Å². The number of nitrogens with zero attached hydrogens (tertiary/aromatic N) is 1. The van der Waals surface area contributed by atoms with Crippen molar-refractivity contribution in [1.29, 1.82) is 0 Å². The molecular formula is C17H15N. The molecule has 0 saturated carbocycles. The molecule has 1 aliphatic heterocycles. The normalized spacial score (nSPS) is 13.2. The number of hydrogen-bond donors (Lipinski definition) is 0. The number of fused-ring (bicyclic) bond motifs is 1. The van der Waals surface area contributed by atoms with Gasteiger partial charge in [-0.3, -0.25) is 0 Å². The van der Waals surface area contributed by atoms with E-state index in [1.54, 1.807) is 0 Å². The van der Waals surface area contributed by atoms with Crippen LogP contribution in [0.1, 0.15) is 16.7 Å². The first-order chi connectivity index (χ1) is 8.88. The van der Waals surface area contributed by atoms with Gasteiger partial charge < -0.3 is 4.90 Å². The topological polar surface area (TPSA) is 3.24 Å². The van der Waals surface area contributed by atoms with Gasteiger partial charge in [-0.05, 0) is 23.6 Å². The molecule has 18 heavy (non-hydrogen) atoms. The van der Waals surface area contributed by atoms with E-state index < -0.39 is 0 Å². The summed E-state index contributed by atoms with van der Waals surface area (Å²) in [5.74, 6) is 2.80. The number of terminal acetylenes is 1. The first-order valence-corrected chi connectivity index (χ1v) is 6.26. The van der Waals surface area contributed by atoms with E-state index in [4.69, 9.17) is 6.42 Å². The highest BCUT2D eigenvalue weighted by Gasteiger charge is 2.21. The number of para-hydroxylation sites is 1. The SMILES string of the molecule is C#Cc1cccc2c1N(Cc1ccccc1)CC2. The Balaban J connectivity index is 1.93. The molecule has 1 heteroatoms. The summed E-state index contributed by atoms with van der Waals surface area (Å²) in [7, 11) is 0. The fourth-order valence-corrected chi connectivity index (χ4v) is 2.61. The monoisotopic (exact) mass is 233 g/mol. The van der Waals surface area contributed by atoms with Crippen LogP contribution in [-0.2, 0) is 13.0 Å². The number of rotatable bonds is 2. The van der Waals surface area contributed by atoms with Crippen LogP contribution in [0.4, 0.5) is 5.69 Å². The zero-order valence-electron chi connectivity index (χ0n) is 10.3. The Morgan fingerprint density at radius 2 is 1.89 bits per heavy atom. The summed E-state index contributed by atoms with van der Waals surface area (Å²) in [5.41, 5.74) is 4.98. The van der Waals surface area contributed by atoms with E-state index in [1.807, 2.05) is 12.1 Å². The molecule has 2 aromatic rings. The van der Waals surface area contributed by atoms with Gasteiger partial charge in [-0.15, -0.1) is 6.42 Å². The maximum atomic E-state index is 5.60. The van der Waals surface area contributed by atoms with Crippen molar-refractivity contribution in [1.82, 2.24) is 0 Å². The molecule has 0 spiro atoms. The van der Waals surface area contributed by atoms with Gasteiger partial charge in [0.25, 0.3) is 0 Å². The molecular weight excluding hydrogens is 218 g/mol. The Morgan fingerprint density at radius 1 is 1.06 bits per heavy atom. The van der Waals surface area contributed by atoms with Crippen molar-refractivity contribution in [2.75, 3.05) is 11.4 Å². The maximum absolute atomic E-state index is 5.60. The highest BCUT2D eigenvalue weighted by Crippen LogP contribution is 2.32. The molecule has 2 aromatic carbocycles. The van der Waals surface area contributed by atoms with Gasteiger partial charge >= 0.3 is 0 Å². The van der Waals surface area contributed by atoms with Crippen LogP contribution in [0.25, 0.3) is 0 Å². The zero-order chi connectivity index (χ0) is 12.4. The van der Waals surface area contributed by atoms with Crippen LogP contribution in [-0.4, -0.2) is 6.54 Å². The molecule has 1 nitrogen and oxygen atoms in total. The second-order valence-electron chi connectivity index (χ2n) is 4.61. The molecule has 1 heterocycles. The summed E-state index contributed by atoms with van der Waals surface area (Å²) < 4.78 is 0. The Bertz CT molecular complexity index is 593. The lowest BCUT2D eigenvalue weighted by Gasteiger charge is -2.20. The van der Waals surface area contributed by atoms with Gasteiger partial charge in [0.05, 0.1) is 5.69 Å². The molecule has 88 valence electrons. The average Bonchev–Trinajstić information content (AvgIpc) is 2.83. The van der Waals surface area contributed by atoms with E-state index >= 15 is 0 Å². The summed E-state index contributed by atoms with van der Waals surface area (Å²) in [6.07, 6.45) is 6.70. The summed E-state index contributed by atoms with van der Waals surface area (Å²) in [5, 5.41) is 0. The van der Waals surface area contributed by atoms with Crippen molar-refractivity contribution in [3.05, 3.63) is 65.2 Å². The molecule has 0 amide bonds. The molecule has 0 bridgehead atoms. The van der Waals surface area contributed by atoms with Crippen molar-refractivity contribution in [2.24, 2.45) is 0 Å². The van der Waals surface area contributed by atoms with Crippen molar-refractivity contribution in [3.63, 3.8) is 0 Å². The molecule has 0 aromatic heterocycles. The molecule has 0 fully saturated rings. The first kappa shape index (κ1) is 10.9. The van der Waals surface area contributed by atoms with Crippen molar-refractivity contribution < 1.29 is 0 Å². The second kappa shape index (κ2) is 4.58. The van der Waals surface area contributed by atoms with Crippen molar-refractivity contribution in [2.45, 2.75) is 13.0 Å². The van der Waals surface area contributed by atoms with Gasteiger partial charge in [-0.25, -0.2) is 0 Å². The van der Waals surface area contributed by atoms with E-state index in [0.29, 0.717) is 0 Å². The van der Waals surface area contributed by atoms with E-state index in [2.05, 4.69) is 47.2 Å². The molecule has 0 N–H and O–H groups in total. The van der Waals surface area contributed by atoms with Crippen LogP contribution in [0.3, 0.4) is 0 Å². The van der Waals surface area contributed by atoms with Gasteiger partial charge in [0.2, 0.25) is 0 Å². The third kappa shape index (κ3) is 1.87. The minimum absolute atomic E-state index is 0.937. The zero-order valence-corrected chi connectivity index (χ0v) is 10.3. The fraction of sp³-hybridized carbons (Fsp3) is 0.176. The van der Waals surface area contributed by atoms with E-state index in [0.717, 1.165) is 25.1 Å². The predicted molar refractivity (Wildman–Crippen MR) is 75.6 cm³/mol. The van der Waals surface area contributed by atoms with Crippen LogP contribution >= 0.6 is 0 Å². The molecule has 0 atom stereocenters. The largest absolute Gasteiger partial charge is 0.366 e. The van der Waals surface area contributed by atoms with E-state index in [1.165, 1.54) is 16.8 Å². The number of anilines is 1. The highest BCUT2D eigenvalue weighted by atomic mass is 15.1. The van der Waals surface area contributed by atoms with E-state index in [-0.39, 0.29) is 0 Å². The number of benzene rings is 2. The van der Waals surface area contributed by atoms with Crippen molar-refractivity contribution >= 4 is 5.69 Å². The van der Waals surface area contributed by atoms with Crippen LogP contribution in [0.15, 0.2) is 48.5 Å². The van der Waals surface area contributed by atoms with Gasteiger partial charge in [0, 0.05) is 18.7 Å². The highest BCUT2D eigenvalue weighted by molar-refractivity contribution is 5.68. The molecule has 0 saturated heterocycles. The predicted octanol–water partition coefficient (Wildman–Crippen LogP) is 3.23. The summed E-state index contributed by atoms with van der Waals surface area (Å²) in [4.78, 5) is 2.39. The summed E-state index contributed by atoms with van der Waals surface area (Å²) >= 11 is 0. The minimum Gasteiger partial charge on any atom is -0.366 e. The van der Waals surface area contributed by atoms with Crippen LogP contribution in [0.2, 0.25) is 0 Å². The Labute approximate surface area is 108 Å². The van der Waals surface area contributed by atoms with Crippen LogP contribution in [0.5, 0.6) is 0 Å². The Kier molecular flexibility index (Phi) is 2.78. The standard InChI is InChI=1S/C17H15N/c1-2-15-9-6-10-16-11-12-18(17(15)16)13-14-7-4-3-5-8-14/h1,3-10H,11-13H2. The fourth-order valence-electron chi connectivity index (χ4n) is 2.61. The Morgan fingerprint density at radius 3 is 2.67 bits per heavy atom. The first-order valence-electron chi connectivity index (χ1n) is 6.26. The van der Waals surface area contributed by atoms with Gasteiger partial charge in [-0.1, -0.05) is 48.4 Å². The lowest BCUT2D eigenvalue weighted by atomic mass is 10.1. The third-order valence-corrected chi connectivity index (χ3v) is 3.46. The Hall–Kier alpha value is -2.20. The smallest absolute Gasteiger partial charge is 0.0561 e. The number of hydrogen-bond acceptors (Lipinski definition) is 1. The second-order valence-corrected chi connectivity index (χ2v) is 4.61. The van der Waals surface area contributed by atoms with Gasteiger partial charge in [0.15, 0.2) is 0 Å². The third-order valence-electron chi connectivity index (χ3n) is 3.46. The summed E-state index contributed by atoms with van der Waals surface area (Å²) in [6, 6.07) is 16.8. The molecule has 3 rings (SSSR count). The lowest BCUT2D eigenvalue weighted by Crippen LogP contribution is -2.20. The van der Waals surface area contributed by atoms with Gasteiger partial charge in [0.1, 0.15) is 0 Å². The quantitative estimate of drug-likeness (QED) is 0.720. The minimum atomic E-state index is 0.937. The molecule has 0 unspecified atom stereocenters. The molecule has 1 aliphatic rings. The van der Waals surface area contributed by atoms with Crippen LogP contribution < -0.4 is 4.90 Å². The molecule has 0 aliphatic carbocycles. The lowest BCUT2D eigenvalue weighted by molar-refractivity contribution is 0.835. The van der Waals surface area contributed by atoms with Gasteiger partial charge in [-0.2, -0.15) is 0 Å². The van der Waals surface area contributed by atoms with E-state index in [9.17, 15) is 0 Å². The average molecular weight is 233 g/mol. The maximum Gasteiger partial charge on any atom is 0.0561 e.